The summed E-state index contributed by atoms with van der Waals surface area (Å²) in [4.78, 5) is 10.5. The molecule has 0 bridgehead atoms. The Hall–Kier alpha value is -2.30. The number of aryl methyl sites for hydroxylation is 1. The molecule has 0 amide bonds. The van der Waals surface area contributed by atoms with E-state index < -0.39 is 22.5 Å². The molecule has 0 unspecified atom stereocenters. The maximum Gasteiger partial charge on any atom is 0.194 e. The second kappa shape index (κ2) is 8.44. The Morgan fingerprint density at radius 1 is 1.30 bits per heavy atom. The molecule has 10 heteroatoms. The zero-order valence-corrected chi connectivity index (χ0v) is 18.1. The lowest BCUT2D eigenvalue weighted by Crippen LogP contribution is -2.41. The molecule has 0 spiro atoms. The molecule has 1 aromatic carbocycles. The van der Waals surface area contributed by atoms with Crippen molar-refractivity contribution in [2.24, 2.45) is 0 Å². The highest BCUT2D eigenvalue weighted by molar-refractivity contribution is 7.99. The molecule has 2 atom stereocenters. The fourth-order valence-electron chi connectivity index (χ4n) is 3.31. The van der Waals surface area contributed by atoms with Crippen LogP contribution < -0.4 is 0 Å². The minimum absolute atomic E-state index is 0.00264. The number of aliphatic hydroxyl groups is 1. The van der Waals surface area contributed by atoms with Crippen LogP contribution in [0.25, 0.3) is 4.96 Å². The number of thioether (sulfide) groups is 1. The molecule has 4 aromatic rings. The highest BCUT2D eigenvalue weighted by atomic mass is 32.2. The van der Waals surface area contributed by atoms with Crippen molar-refractivity contribution < 1.29 is 13.9 Å². The van der Waals surface area contributed by atoms with E-state index in [-0.39, 0.29) is 12.1 Å². The lowest BCUT2D eigenvalue weighted by atomic mass is 9.90. The normalized spacial score (nSPS) is 14.8. The third-order valence-electron chi connectivity index (χ3n) is 5.03. The number of rotatable bonds is 8. The van der Waals surface area contributed by atoms with Gasteiger partial charge in [-0.25, -0.2) is 23.4 Å². The summed E-state index contributed by atoms with van der Waals surface area (Å²) in [6.07, 6.45) is 7.74. The van der Waals surface area contributed by atoms with Gasteiger partial charge < -0.3 is 5.11 Å². The summed E-state index contributed by atoms with van der Waals surface area (Å²) in [5, 5.41) is 15.2. The van der Waals surface area contributed by atoms with E-state index in [0.717, 1.165) is 34.1 Å². The van der Waals surface area contributed by atoms with Gasteiger partial charge in [-0.1, -0.05) is 19.9 Å². The number of benzene rings is 1. The molecule has 0 fully saturated rings. The summed E-state index contributed by atoms with van der Waals surface area (Å²) in [5.74, 6) is -0.848. The number of thiazole rings is 1. The Morgan fingerprint density at radius 3 is 2.80 bits per heavy atom. The Labute approximate surface area is 180 Å². The quantitative estimate of drug-likeness (QED) is 0.440. The van der Waals surface area contributed by atoms with E-state index >= 15 is 0 Å². The van der Waals surface area contributed by atoms with Gasteiger partial charge in [0.25, 0.3) is 0 Å². The predicted octanol–water partition coefficient (Wildman–Crippen LogP) is 4.04. The van der Waals surface area contributed by atoms with Gasteiger partial charge in [0.1, 0.15) is 29.9 Å². The van der Waals surface area contributed by atoms with Crippen LogP contribution in [0, 0.1) is 11.6 Å². The Balaban J connectivity index is 1.57. The Bertz CT molecular complexity index is 1110. The molecular weight excluding hydrogens is 428 g/mol. The number of hydrogen-bond donors (Lipinski definition) is 1. The zero-order valence-electron chi connectivity index (χ0n) is 16.5. The fraction of sp³-hybridized carbons (Fsp3) is 0.350. The van der Waals surface area contributed by atoms with Gasteiger partial charge in [-0.3, -0.25) is 4.40 Å². The van der Waals surface area contributed by atoms with Gasteiger partial charge in [0.15, 0.2) is 4.96 Å². The smallest absolute Gasteiger partial charge is 0.194 e. The van der Waals surface area contributed by atoms with Crippen LogP contribution in [0.15, 0.2) is 43.2 Å². The van der Waals surface area contributed by atoms with Gasteiger partial charge >= 0.3 is 0 Å². The van der Waals surface area contributed by atoms with Crippen molar-refractivity contribution in [3.05, 3.63) is 71.0 Å². The van der Waals surface area contributed by atoms with Crippen LogP contribution in [-0.2, 0) is 24.3 Å². The average Bonchev–Trinajstić information content (AvgIpc) is 3.42. The number of nitrogens with zero attached hydrogens (tertiary/aromatic N) is 5. The van der Waals surface area contributed by atoms with Gasteiger partial charge in [0.2, 0.25) is 0 Å². The SMILES string of the molecule is CCc1cn2cc(CS[C@H](C)[C@](O)(Cn3cncn3)c3ccc(F)cc3F)sc2n1. The first-order valence-corrected chi connectivity index (χ1v) is 11.3. The number of fused-ring (bicyclic) bond motifs is 1. The van der Waals surface area contributed by atoms with Crippen molar-refractivity contribution in [1.82, 2.24) is 24.1 Å². The number of imidazole rings is 1. The molecule has 0 radical (unpaired) electrons. The fourth-order valence-corrected chi connectivity index (χ4v) is 5.49. The molecule has 3 aromatic heterocycles. The lowest BCUT2D eigenvalue weighted by Gasteiger charge is -2.34. The summed E-state index contributed by atoms with van der Waals surface area (Å²) in [7, 11) is 0. The second-order valence-corrected chi connectivity index (χ2v) is 9.49. The monoisotopic (exact) mass is 449 g/mol. The van der Waals surface area contributed by atoms with Crippen LogP contribution in [0.4, 0.5) is 8.78 Å². The van der Waals surface area contributed by atoms with Gasteiger partial charge in [-0.15, -0.1) is 23.1 Å². The van der Waals surface area contributed by atoms with E-state index in [2.05, 4.69) is 22.0 Å². The summed E-state index contributed by atoms with van der Waals surface area (Å²) in [5.41, 5.74) is -0.529. The molecule has 0 aliphatic carbocycles. The topological polar surface area (TPSA) is 68.2 Å². The van der Waals surface area contributed by atoms with Gasteiger partial charge in [-0.2, -0.15) is 5.10 Å². The van der Waals surface area contributed by atoms with Crippen LogP contribution in [0.2, 0.25) is 0 Å². The number of aromatic nitrogens is 5. The third-order valence-corrected chi connectivity index (χ3v) is 7.58. The minimum Gasteiger partial charge on any atom is -0.382 e. The van der Waals surface area contributed by atoms with Crippen LogP contribution in [0.1, 0.15) is 30.0 Å². The Kier molecular flexibility index (Phi) is 5.90. The molecule has 6 nitrogen and oxygen atoms in total. The number of halogens is 2. The summed E-state index contributed by atoms with van der Waals surface area (Å²) in [6.45, 7) is 3.89. The van der Waals surface area contributed by atoms with Crippen molar-refractivity contribution in [2.45, 2.75) is 43.4 Å². The molecule has 3 heterocycles. The molecule has 0 saturated heterocycles. The standard InChI is InChI=1S/C20H21F2N5OS2/c1-3-15-7-26-8-16(30-19(26)25-15)9-29-13(2)20(28,10-27-12-23-11-24-27)17-5-4-14(21)6-18(17)22/h4-8,11-13,28H,3,9-10H2,1-2H3/t13-,20-/m1/s1. The molecule has 1 N–H and O–H groups in total. The van der Waals surface area contributed by atoms with Crippen LogP contribution in [0.3, 0.4) is 0 Å². The van der Waals surface area contributed by atoms with E-state index in [1.54, 1.807) is 11.3 Å². The zero-order chi connectivity index (χ0) is 21.3. The van der Waals surface area contributed by atoms with Gasteiger partial charge in [0.05, 0.1) is 12.2 Å². The van der Waals surface area contributed by atoms with Crippen molar-refractivity contribution in [3.8, 4) is 0 Å². The maximum absolute atomic E-state index is 14.6. The highest BCUT2D eigenvalue weighted by Gasteiger charge is 2.39. The largest absolute Gasteiger partial charge is 0.382 e. The van der Waals surface area contributed by atoms with Gasteiger partial charge in [-0.05, 0) is 12.5 Å². The molecule has 0 aliphatic rings. The van der Waals surface area contributed by atoms with Crippen molar-refractivity contribution in [2.75, 3.05) is 0 Å². The van der Waals surface area contributed by atoms with E-state index in [1.165, 1.54) is 35.2 Å². The third kappa shape index (κ3) is 4.12. The van der Waals surface area contributed by atoms with Gasteiger partial charge in [0, 0.05) is 39.9 Å². The first kappa shape index (κ1) is 21.0. The highest BCUT2D eigenvalue weighted by Crippen LogP contribution is 2.38. The summed E-state index contributed by atoms with van der Waals surface area (Å²) < 4.78 is 31.5. The average molecular weight is 450 g/mol. The summed E-state index contributed by atoms with van der Waals surface area (Å²) in [6, 6.07) is 3.24. The summed E-state index contributed by atoms with van der Waals surface area (Å²) >= 11 is 3.08. The van der Waals surface area contributed by atoms with Crippen LogP contribution >= 0.6 is 23.1 Å². The van der Waals surface area contributed by atoms with E-state index in [9.17, 15) is 13.9 Å². The lowest BCUT2D eigenvalue weighted by molar-refractivity contribution is 0.0133. The maximum atomic E-state index is 14.6. The molecule has 0 aliphatic heterocycles. The Morgan fingerprint density at radius 2 is 2.13 bits per heavy atom. The number of hydrogen-bond acceptors (Lipinski definition) is 6. The molecular formula is C20H21F2N5OS2. The van der Waals surface area contributed by atoms with E-state index in [1.807, 2.05) is 23.7 Å². The molecule has 4 rings (SSSR count). The van der Waals surface area contributed by atoms with Crippen LogP contribution in [-0.4, -0.2) is 34.5 Å². The predicted molar refractivity (Wildman–Crippen MR) is 113 cm³/mol. The van der Waals surface area contributed by atoms with Crippen molar-refractivity contribution in [3.63, 3.8) is 0 Å². The van der Waals surface area contributed by atoms with E-state index in [4.69, 9.17) is 0 Å². The molecule has 158 valence electrons. The minimum atomic E-state index is -1.61. The first-order valence-electron chi connectivity index (χ1n) is 9.47. The van der Waals surface area contributed by atoms with E-state index in [0.29, 0.717) is 5.75 Å². The second-order valence-electron chi connectivity index (χ2n) is 7.07. The van der Waals surface area contributed by atoms with Crippen LogP contribution in [0.5, 0.6) is 0 Å². The van der Waals surface area contributed by atoms with Crippen molar-refractivity contribution >= 4 is 28.1 Å². The molecule has 0 saturated carbocycles. The first-order chi connectivity index (χ1) is 14.4. The molecule has 30 heavy (non-hydrogen) atoms. The van der Waals surface area contributed by atoms with Crippen molar-refractivity contribution in [1.29, 1.82) is 0 Å².